The first kappa shape index (κ1) is 44.6. The fourth-order valence-corrected chi connectivity index (χ4v) is 5.76. The van der Waals surface area contributed by atoms with Crippen LogP contribution >= 0.6 is 11.6 Å². The van der Waals surface area contributed by atoms with Gasteiger partial charge in [0, 0.05) is 119 Å². The molecule has 241 valence electrons. The molecule has 3 aromatic carbocycles. The molecule has 0 spiro atoms. The molecule has 4 rings (SSSR count). The van der Waals surface area contributed by atoms with Gasteiger partial charge in [0.15, 0.2) is 0 Å². The largest absolute Gasteiger partial charge is 0.353 e. The zero-order chi connectivity index (χ0) is 33.2. The Morgan fingerprint density at radius 2 is 1.46 bits per heavy atom. The van der Waals surface area contributed by atoms with Crippen LogP contribution in [0.4, 0.5) is 34.6 Å². The number of carbonyl (C=O) groups excluding carboxylic acids is 1. The molecule has 0 atom stereocenters. The SMILES string of the molecule is CC(=O)Nc1cc(Nc2nc(Cl)nc(NCCS(=O)(=O)O)n2)ccc1N=Nc1cc(S(=O)(=O)O)c2cccc(S(=O)(=O)O)c2c1.[Na].[Na].[Na]. The number of carbonyl (C=O) groups is 1. The Bertz CT molecular complexity index is 2200. The molecule has 0 saturated heterocycles. The van der Waals surface area contributed by atoms with E-state index in [1.165, 1.54) is 37.3 Å². The third kappa shape index (κ3) is 12.7. The average Bonchev–Trinajstić information content (AvgIpc) is 2.89. The Kier molecular flexibility index (Phi) is 16.9. The second kappa shape index (κ2) is 18.2. The second-order valence-corrected chi connectivity index (χ2v) is 13.6. The molecular formula is C23H21ClN8Na3O10S3. The van der Waals surface area contributed by atoms with Crippen molar-refractivity contribution in [2.75, 3.05) is 28.2 Å². The van der Waals surface area contributed by atoms with E-state index in [1.807, 2.05) is 0 Å². The predicted molar refractivity (Wildman–Crippen MR) is 179 cm³/mol. The first-order valence-electron chi connectivity index (χ1n) is 12.1. The minimum Gasteiger partial charge on any atom is -0.353 e. The summed E-state index contributed by atoms with van der Waals surface area (Å²) < 4.78 is 98.1. The number of nitrogens with zero attached hydrogens (tertiary/aromatic N) is 5. The molecule has 18 nitrogen and oxygen atoms in total. The number of anilines is 4. The second-order valence-electron chi connectivity index (χ2n) is 8.95. The van der Waals surface area contributed by atoms with Crippen LogP contribution in [-0.4, -0.2) is 161 Å². The van der Waals surface area contributed by atoms with E-state index in [-0.39, 0.29) is 140 Å². The van der Waals surface area contributed by atoms with Gasteiger partial charge in [0.2, 0.25) is 23.1 Å². The third-order valence-electron chi connectivity index (χ3n) is 5.55. The van der Waals surface area contributed by atoms with Crippen molar-refractivity contribution in [1.82, 2.24) is 15.0 Å². The standard InChI is InChI=1S/C23H21ClN8O10S3.3Na/c1-12(33)26-18-10-13(27-23-29-21(24)28-22(30-23)25-7-8-43(34,35)36)5-6-17(18)32-31-14-9-16-15(20(11-14)45(40,41)42)3-2-4-19(16)44(37,38)39;;;/h2-6,9-11H,7-8H2,1H3,(H,26,33)(H,34,35,36)(H,37,38,39)(H,40,41,42)(H2,25,27,28,29,30);;;. The third-order valence-corrected chi connectivity index (χ3v) is 8.24. The van der Waals surface area contributed by atoms with Crippen LogP contribution in [0.5, 0.6) is 0 Å². The van der Waals surface area contributed by atoms with E-state index in [2.05, 4.69) is 41.1 Å². The van der Waals surface area contributed by atoms with Crippen molar-refractivity contribution in [3.8, 4) is 0 Å². The van der Waals surface area contributed by atoms with Crippen LogP contribution < -0.4 is 16.0 Å². The Labute approximate surface area is 345 Å². The van der Waals surface area contributed by atoms with E-state index in [0.29, 0.717) is 5.69 Å². The Hall–Kier alpha value is -1.38. The molecule has 0 aliphatic carbocycles. The normalized spacial score (nSPS) is 11.6. The van der Waals surface area contributed by atoms with E-state index >= 15 is 0 Å². The van der Waals surface area contributed by atoms with Crippen molar-refractivity contribution in [3.63, 3.8) is 0 Å². The van der Waals surface area contributed by atoms with Gasteiger partial charge in [-0.25, -0.2) is 0 Å². The van der Waals surface area contributed by atoms with E-state index in [0.717, 1.165) is 18.2 Å². The summed E-state index contributed by atoms with van der Waals surface area (Å²) in [4.78, 5) is 22.4. The Morgan fingerprint density at radius 3 is 2.06 bits per heavy atom. The summed E-state index contributed by atoms with van der Waals surface area (Å²) >= 11 is 5.93. The molecule has 1 aromatic heterocycles. The summed E-state index contributed by atoms with van der Waals surface area (Å²) in [6.45, 7) is 0.987. The van der Waals surface area contributed by atoms with Gasteiger partial charge in [-0.05, 0) is 48.0 Å². The number of nitrogens with one attached hydrogen (secondary N) is 3. The molecule has 3 radical (unpaired) electrons. The van der Waals surface area contributed by atoms with Gasteiger partial charge < -0.3 is 16.0 Å². The van der Waals surface area contributed by atoms with Crippen LogP contribution in [0.3, 0.4) is 0 Å². The molecule has 0 bridgehead atoms. The smallest absolute Gasteiger partial charge is 0.295 e. The van der Waals surface area contributed by atoms with Crippen LogP contribution in [0.2, 0.25) is 5.28 Å². The van der Waals surface area contributed by atoms with Gasteiger partial charge in [-0.3, -0.25) is 18.5 Å². The van der Waals surface area contributed by atoms with Crippen molar-refractivity contribution in [3.05, 3.63) is 53.8 Å². The Morgan fingerprint density at radius 1 is 0.812 bits per heavy atom. The molecule has 25 heteroatoms. The fourth-order valence-electron chi connectivity index (χ4n) is 3.81. The van der Waals surface area contributed by atoms with Gasteiger partial charge in [0.05, 0.1) is 17.1 Å². The molecule has 0 fully saturated rings. The maximum absolute atomic E-state index is 12.1. The van der Waals surface area contributed by atoms with Gasteiger partial charge in [0.1, 0.15) is 15.5 Å². The molecule has 1 heterocycles. The number of hydrogen-bond donors (Lipinski definition) is 6. The minimum atomic E-state index is -4.89. The van der Waals surface area contributed by atoms with Crippen molar-refractivity contribution >= 4 is 182 Å². The number of hydrogen-bond acceptors (Lipinski definition) is 14. The van der Waals surface area contributed by atoms with Gasteiger partial charge >= 0.3 is 0 Å². The van der Waals surface area contributed by atoms with Gasteiger partial charge in [-0.2, -0.15) is 45.3 Å². The van der Waals surface area contributed by atoms with Crippen LogP contribution in [-0.2, 0) is 35.1 Å². The first-order valence-corrected chi connectivity index (χ1v) is 17.0. The summed E-state index contributed by atoms with van der Waals surface area (Å²) in [5, 5.41) is 15.2. The van der Waals surface area contributed by atoms with Crippen LogP contribution in [0, 0.1) is 0 Å². The summed E-state index contributed by atoms with van der Waals surface area (Å²) in [5.41, 5.74) is 0.211. The molecular weight excluding hydrogens is 749 g/mol. The quantitative estimate of drug-likeness (QED) is 0.0726. The molecule has 0 unspecified atom stereocenters. The number of fused-ring (bicyclic) bond motifs is 1. The van der Waals surface area contributed by atoms with Crippen molar-refractivity contribution in [2.24, 2.45) is 10.2 Å². The number of amides is 1. The summed E-state index contributed by atoms with van der Waals surface area (Å²) in [5.74, 6) is -1.32. The minimum absolute atomic E-state index is 0. The number of benzene rings is 3. The molecule has 4 aromatic rings. The maximum atomic E-state index is 12.1. The number of halogens is 1. The maximum Gasteiger partial charge on any atom is 0.295 e. The number of azo groups is 1. The molecule has 0 saturated carbocycles. The molecule has 48 heavy (non-hydrogen) atoms. The summed E-state index contributed by atoms with van der Waals surface area (Å²) in [7, 11) is -13.9. The van der Waals surface area contributed by atoms with Crippen molar-refractivity contribution in [2.45, 2.75) is 16.7 Å². The van der Waals surface area contributed by atoms with Crippen LogP contribution in [0.25, 0.3) is 10.8 Å². The summed E-state index contributed by atoms with van der Waals surface area (Å²) in [6, 6.07) is 9.77. The number of aromatic nitrogens is 3. The molecule has 0 aliphatic heterocycles. The van der Waals surface area contributed by atoms with E-state index < -0.39 is 51.8 Å². The van der Waals surface area contributed by atoms with E-state index in [4.69, 9.17) is 16.2 Å². The van der Waals surface area contributed by atoms with Crippen molar-refractivity contribution < 1.29 is 43.7 Å². The van der Waals surface area contributed by atoms with Gasteiger partial charge in [-0.1, -0.05) is 12.1 Å². The predicted octanol–water partition coefficient (Wildman–Crippen LogP) is 2.45. The first-order chi connectivity index (χ1) is 20.9. The van der Waals surface area contributed by atoms with E-state index in [9.17, 15) is 39.2 Å². The molecule has 1 amide bonds. The topological polar surface area (TPSA) is 280 Å². The average molecular weight is 770 g/mol. The van der Waals surface area contributed by atoms with Gasteiger partial charge in [0.25, 0.3) is 30.4 Å². The number of rotatable bonds is 11. The zero-order valence-corrected chi connectivity index (χ0v) is 34.8. The molecule has 6 N–H and O–H groups in total. The van der Waals surface area contributed by atoms with Crippen LogP contribution in [0.15, 0.2) is 68.6 Å². The van der Waals surface area contributed by atoms with Gasteiger partial charge in [-0.15, -0.1) is 5.11 Å². The zero-order valence-electron chi connectivity index (χ0n) is 25.6. The summed E-state index contributed by atoms with van der Waals surface area (Å²) in [6.07, 6.45) is 0. The van der Waals surface area contributed by atoms with E-state index in [1.54, 1.807) is 0 Å². The Balaban J connectivity index is 0.00000384. The van der Waals surface area contributed by atoms with Crippen molar-refractivity contribution in [1.29, 1.82) is 0 Å². The fraction of sp³-hybridized carbons (Fsp3) is 0.130. The molecule has 0 aliphatic rings. The monoisotopic (exact) mass is 769 g/mol. The van der Waals surface area contributed by atoms with Crippen LogP contribution in [0.1, 0.15) is 6.92 Å².